The highest BCUT2D eigenvalue weighted by molar-refractivity contribution is 6.02. The first-order chi connectivity index (χ1) is 55.4. The summed E-state index contributed by atoms with van der Waals surface area (Å²) in [6.45, 7) is 40.8. The quantitative estimate of drug-likeness (QED) is 0.0321. The summed E-state index contributed by atoms with van der Waals surface area (Å²) >= 11 is 0. The zero-order valence-corrected chi connectivity index (χ0v) is 74.7. The molecule has 4 rings (SSSR count). The summed E-state index contributed by atoms with van der Waals surface area (Å²) in [5.74, 6) is -4.20. The van der Waals surface area contributed by atoms with E-state index in [2.05, 4.69) is 161 Å². The van der Waals surface area contributed by atoms with E-state index in [4.69, 9.17) is 18.9 Å². The van der Waals surface area contributed by atoms with E-state index in [1.165, 1.54) is 50.7 Å². The lowest BCUT2D eigenvalue weighted by molar-refractivity contribution is -0.158. The molecule has 0 spiro atoms. The van der Waals surface area contributed by atoms with Crippen molar-refractivity contribution in [1.29, 1.82) is 0 Å². The van der Waals surface area contributed by atoms with Crippen LogP contribution in [-0.2, 0) is 85.8 Å². The highest BCUT2D eigenvalue weighted by atomic mass is 16.6. The molecule has 0 heterocycles. The molecule has 0 saturated carbocycles. The first kappa shape index (κ1) is 102. The second kappa shape index (κ2) is 50.2. The molecule has 0 fully saturated rings. The molecule has 0 saturated heterocycles. The number of rotatable bonds is 36. The second-order valence-electron chi connectivity index (χ2n) is 33.3. The van der Waals surface area contributed by atoms with E-state index < -0.39 is 58.9 Å². The van der Waals surface area contributed by atoms with Gasteiger partial charge in [0.1, 0.15) is 12.2 Å². The monoisotopic (exact) mass is 1620 g/mol. The Labute approximate surface area is 703 Å². The van der Waals surface area contributed by atoms with Crippen LogP contribution >= 0.6 is 0 Å². The van der Waals surface area contributed by atoms with Gasteiger partial charge in [-0.1, -0.05) is 281 Å². The topological polar surface area (TPSA) is 245 Å². The summed E-state index contributed by atoms with van der Waals surface area (Å²) in [5, 5.41) is 0. The lowest BCUT2D eigenvalue weighted by Crippen LogP contribution is -2.39. The van der Waals surface area contributed by atoms with Crippen LogP contribution in [-0.4, -0.2) is 112 Å². The van der Waals surface area contributed by atoms with E-state index in [0.717, 1.165) is 68.6 Å². The smallest absolute Gasteiger partial charge is 0.307 e. The standard InChI is InChI=1S/C50H64O10.C50H68O8/c1-33(19-15-21-35(3)23-25-39-37(5)47(55)41(31-49(39,7)8)59-45(53)29-27-43(51)57-11)17-13-14-18-34(2)20-16-22-36(4)24-26-40-38(6)48(56)42(32-50(40,9)10)60-46(54)30-28-44(52)58-12;1-35(19-15-21-37(3)23-25-43-39(5)31-41(33-49(43,7)8)57-47(53)29-27-45(51)55-11)17-13-14-18-36(2)20-16-22-38(4)24-26-44-40(6)32-42(34-50(44,9)10)58-48(54)30-28-46(52)56-12/h13-26,41-42H,27-32H2,1-12H3;13-26,41-42H,27-34H2,1-12H3/b14-13+,19-15+,20-16+,25-23+,26-24+,33-17+,34-18+,35-21+,36-22+;14-13+,19-15+,20-16+,25-23+,26-24+,35-17+,36-18+,37-21+,38-22+. The summed E-state index contributed by atoms with van der Waals surface area (Å²) in [6.07, 6.45) is 58.2. The van der Waals surface area contributed by atoms with Gasteiger partial charge in [0.25, 0.3) is 0 Å². The first-order valence-electron chi connectivity index (χ1n) is 40.5. The van der Waals surface area contributed by atoms with Crippen molar-refractivity contribution in [3.05, 3.63) is 259 Å². The molecule has 4 aliphatic rings. The fourth-order valence-corrected chi connectivity index (χ4v) is 14.1. The van der Waals surface area contributed by atoms with Crippen LogP contribution in [0.2, 0.25) is 0 Å². The Kier molecular flexibility index (Phi) is 43.2. The minimum Gasteiger partial charge on any atom is -0.469 e. The summed E-state index contributed by atoms with van der Waals surface area (Å²) < 4.78 is 40.7. The molecule has 18 nitrogen and oxygen atoms in total. The van der Waals surface area contributed by atoms with Crippen molar-refractivity contribution in [1.82, 2.24) is 0 Å². The Morgan fingerprint density at radius 2 is 0.492 bits per heavy atom. The van der Waals surface area contributed by atoms with Gasteiger partial charge in [-0.05, 0) is 151 Å². The van der Waals surface area contributed by atoms with E-state index in [-0.39, 0.29) is 97.9 Å². The van der Waals surface area contributed by atoms with Crippen molar-refractivity contribution < 1.29 is 85.8 Å². The van der Waals surface area contributed by atoms with E-state index in [1.807, 2.05) is 153 Å². The Bertz CT molecular complexity index is 4100. The van der Waals surface area contributed by atoms with Crippen molar-refractivity contribution >= 4 is 59.3 Å². The molecule has 640 valence electrons. The van der Waals surface area contributed by atoms with Crippen LogP contribution in [0.5, 0.6) is 0 Å². The minimum atomic E-state index is -0.882. The Balaban J connectivity index is 0.000000611. The maximum atomic E-state index is 13.1. The Morgan fingerprint density at radius 3 is 0.729 bits per heavy atom. The second-order valence-corrected chi connectivity index (χ2v) is 33.3. The molecule has 0 N–H and O–H groups in total. The summed E-state index contributed by atoms with van der Waals surface area (Å²) in [4.78, 5) is 121. The molecular formula is C100H132O18. The average Bonchev–Trinajstić information content (AvgIpc) is 0.803. The van der Waals surface area contributed by atoms with Crippen molar-refractivity contribution in [3.8, 4) is 0 Å². The SMILES string of the molecule is COC(=O)CCC(=O)OC1CC(C)(C)C(/C=C/C(C)=C/C=C/C(C)=C/C=C/C=C(C)/C=C/C=C(C)/C=C/C2=C(C)C(=O)C(OC(=O)CCC(=O)OC)CC2(C)C)=C(C)C1=O.COC(=O)CCC(=O)OC1CC(C)=C(/C=C/C(C)=C/C=C/C(C)=C/C=C/C=C(C)/C=C/C=C(C)/C=C/C2=C(C)CC(OC(=O)CCC(=O)OC)CC2(C)C)C(C)(C)C1. The van der Waals surface area contributed by atoms with Gasteiger partial charge in [0, 0.05) is 25.7 Å². The predicted molar refractivity (Wildman–Crippen MR) is 470 cm³/mol. The Morgan fingerprint density at radius 1 is 0.288 bits per heavy atom. The van der Waals surface area contributed by atoms with Crippen molar-refractivity contribution in [2.45, 2.75) is 253 Å². The zero-order valence-electron chi connectivity index (χ0n) is 74.7. The summed E-state index contributed by atoms with van der Waals surface area (Å²) in [6, 6.07) is 0. The molecule has 0 bridgehead atoms. The van der Waals surface area contributed by atoms with Crippen molar-refractivity contribution in [3.63, 3.8) is 0 Å². The van der Waals surface area contributed by atoms with Gasteiger partial charge in [-0.15, -0.1) is 0 Å². The molecule has 0 aromatic rings. The van der Waals surface area contributed by atoms with E-state index in [9.17, 15) is 47.9 Å². The van der Waals surface area contributed by atoms with Gasteiger partial charge in [0.05, 0.1) is 79.8 Å². The van der Waals surface area contributed by atoms with Gasteiger partial charge in [-0.3, -0.25) is 47.9 Å². The molecule has 4 aliphatic carbocycles. The van der Waals surface area contributed by atoms with Crippen LogP contribution < -0.4 is 0 Å². The number of allylic oxidation sites excluding steroid dienone is 40. The number of ether oxygens (including phenoxy) is 8. The molecule has 118 heavy (non-hydrogen) atoms. The highest BCUT2D eigenvalue weighted by Gasteiger charge is 2.42. The molecule has 0 amide bonds. The number of hydrogen-bond acceptors (Lipinski definition) is 18. The molecule has 18 heteroatoms. The van der Waals surface area contributed by atoms with Gasteiger partial charge in [0.15, 0.2) is 23.8 Å². The summed E-state index contributed by atoms with van der Waals surface area (Å²) in [7, 11) is 5.14. The van der Waals surface area contributed by atoms with Gasteiger partial charge < -0.3 is 37.9 Å². The summed E-state index contributed by atoms with van der Waals surface area (Å²) in [5.41, 5.74) is 15.4. The lowest BCUT2D eigenvalue weighted by Gasteiger charge is -2.37. The first-order valence-corrected chi connectivity index (χ1v) is 40.5. The highest BCUT2D eigenvalue weighted by Crippen LogP contribution is 2.46. The largest absolute Gasteiger partial charge is 0.469 e. The van der Waals surface area contributed by atoms with Crippen LogP contribution in [0.15, 0.2) is 259 Å². The number of methoxy groups -OCH3 is 4. The predicted octanol–water partition coefficient (Wildman–Crippen LogP) is 21.5. The van der Waals surface area contributed by atoms with Crippen LogP contribution in [0, 0.1) is 21.7 Å². The van der Waals surface area contributed by atoms with Gasteiger partial charge in [-0.25, -0.2) is 0 Å². The van der Waals surface area contributed by atoms with Crippen molar-refractivity contribution in [2.24, 2.45) is 21.7 Å². The third-order valence-electron chi connectivity index (χ3n) is 20.7. The number of esters is 8. The lowest BCUT2D eigenvalue weighted by atomic mass is 9.71. The average molecular weight is 1620 g/mol. The molecule has 0 aromatic heterocycles. The molecule has 0 aliphatic heterocycles. The number of hydrogen-bond donors (Lipinski definition) is 0. The van der Waals surface area contributed by atoms with Gasteiger partial charge in [0.2, 0.25) is 0 Å². The van der Waals surface area contributed by atoms with Crippen LogP contribution in [0.25, 0.3) is 0 Å². The van der Waals surface area contributed by atoms with E-state index >= 15 is 0 Å². The van der Waals surface area contributed by atoms with Crippen molar-refractivity contribution in [2.75, 3.05) is 28.4 Å². The number of carbonyl (C=O) groups excluding carboxylic acids is 10. The minimum absolute atomic E-state index is 0.0313. The third-order valence-corrected chi connectivity index (χ3v) is 20.7. The normalized spacial score (nSPS) is 20.8. The molecular weight excluding hydrogens is 1490 g/mol. The molecule has 4 unspecified atom stereocenters. The third kappa shape index (κ3) is 37.3. The molecule has 0 radical (unpaired) electrons. The van der Waals surface area contributed by atoms with Crippen LogP contribution in [0.3, 0.4) is 0 Å². The number of carbonyl (C=O) groups is 10. The Hall–Kier alpha value is -10.6. The zero-order chi connectivity index (χ0) is 88.7. The van der Waals surface area contributed by atoms with Crippen LogP contribution in [0.4, 0.5) is 0 Å². The number of Topliss-reactive ketones (excluding diaryl/α,β-unsaturated/α-hetero) is 2. The maximum Gasteiger partial charge on any atom is 0.307 e. The van der Waals surface area contributed by atoms with E-state index in [1.54, 1.807) is 13.8 Å². The molecule has 0 aromatic carbocycles. The number of ketones is 2. The fourth-order valence-electron chi connectivity index (χ4n) is 14.1. The van der Waals surface area contributed by atoms with Gasteiger partial charge >= 0.3 is 47.8 Å². The van der Waals surface area contributed by atoms with E-state index in [0.29, 0.717) is 36.8 Å². The van der Waals surface area contributed by atoms with Crippen LogP contribution in [0.1, 0.15) is 228 Å². The maximum absolute atomic E-state index is 13.1. The van der Waals surface area contributed by atoms with Gasteiger partial charge in [-0.2, -0.15) is 0 Å². The molecule has 4 atom stereocenters. The fraction of sp³-hybridized carbons (Fsp3) is 0.460.